The fourth-order valence-electron chi connectivity index (χ4n) is 1.85. The van der Waals surface area contributed by atoms with Crippen molar-refractivity contribution in [1.29, 1.82) is 0 Å². The van der Waals surface area contributed by atoms with Crippen LogP contribution in [0.3, 0.4) is 0 Å². The zero-order valence-corrected chi connectivity index (χ0v) is 12.6. The minimum Gasteiger partial charge on any atom is -0.398 e. The number of anilines is 1. The van der Waals surface area contributed by atoms with Crippen LogP contribution in [0.4, 0.5) is 16.5 Å². The van der Waals surface area contributed by atoms with Gasteiger partial charge in [0.15, 0.2) is 15.7 Å². The fourth-order valence-corrected chi connectivity index (χ4v) is 2.40. The van der Waals surface area contributed by atoms with Crippen molar-refractivity contribution in [3.63, 3.8) is 0 Å². The molecule has 1 aliphatic heterocycles. The minimum absolute atomic E-state index is 0.162. The Labute approximate surface area is 133 Å². The maximum Gasteiger partial charge on any atom is 0.430 e. The van der Waals surface area contributed by atoms with Gasteiger partial charge in [-0.3, -0.25) is 0 Å². The van der Waals surface area contributed by atoms with E-state index in [4.69, 9.17) is 10.6 Å². The average Bonchev–Trinajstić information content (AvgIpc) is 3.10. The van der Waals surface area contributed by atoms with Gasteiger partial charge in [0, 0.05) is 11.4 Å². The van der Waals surface area contributed by atoms with E-state index in [9.17, 15) is 10.0 Å². The first kappa shape index (κ1) is 15.0. The van der Waals surface area contributed by atoms with Crippen LogP contribution >= 0.6 is 11.3 Å². The van der Waals surface area contributed by atoms with E-state index in [1.165, 1.54) is 18.6 Å². The molecule has 1 atom stereocenters. The number of nitrogens with zero attached hydrogens (tertiary/aromatic N) is 5. The number of aromatic nitrogens is 1. The number of nitrogen functional groups attached to an aromatic ring is 1. The normalized spacial score (nSPS) is 19.5. The third-order valence-corrected chi connectivity index (χ3v) is 3.49. The number of hydrogen-bond acceptors (Lipinski definition) is 10. The molecule has 0 spiro atoms. The Morgan fingerprint density at radius 3 is 2.91 bits per heavy atom. The Kier molecular flexibility index (Phi) is 3.73. The second-order valence-corrected chi connectivity index (χ2v) is 5.18. The molecule has 1 aromatic carbocycles. The van der Waals surface area contributed by atoms with Crippen molar-refractivity contribution in [3.8, 4) is 0 Å². The molecule has 3 N–H and O–H groups in total. The average molecular weight is 335 g/mol. The molecule has 1 unspecified atom stereocenters. The maximum atomic E-state index is 12.3. The van der Waals surface area contributed by atoms with Gasteiger partial charge in [0.1, 0.15) is 18.0 Å². The first-order valence-corrected chi connectivity index (χ1v) is 7.12. The van der Waals surface area contributed by atoms with Gasteiger partial charge >= 0.3 is 5.97 Å². The highest BCUT2D eigenvalue weighted by atomic mass is 32.1. The Balaban J connectivity index is 1.89. The van der Waals surface area contributed by atoms with Gasteiger partial charge in [0.05, 0.1) is 0 Å². The number of hydrogen-bond donors (Lipinski definition) is 2. The molecule has 0 amide bonds. The lowest BCUT2D eigenvalue weighted by atomic mass is 10.3. The first-order chi connectivity index (χ1) is 11.0. The maximum absolute atomic E-state index is 12.3. The highest BCUT2D eigenvalue weighted by Crippen LogP contribution is 2.39. The van der Waals surface area contributed by atoms with E-state index in [1.54, 1.807) is 18.2 Å². The van der Waals surface area contributed by atoms with Gasteiger partial charge in [-0.25, -0.2) is 9.78 Å². The Morgan fingerprint density at radius 1 is 1.43 bits per heavy atom. The molecule has 0 bridgehead atoms. The van der Waals surface area contributed by atoms with Crippen LogP contribution in [0.25, 0.3) is 0 Å². The van der Waals surface area contributed by atoms with Gasteiger partial charge in [-0.2, -0.15) is 4.84 Å². The molecular formula is C12H11N6O4S+. The van der Waals surface area contributed by atoms with Crippen LogP contribution in [0.1, 0.15) is 5.69 Å². The van der Waals surface area contributed by atoms with Crippen LogP contribution < -0.4 is 10.7 Å². The number of para-hydroxylation sites is 1. The van der Waals surface area contributed by atoms with E-state index in [1.807, 2.05) is 0 Å². The third-order valence-electron chi connectivity index (χ3n) is 2.82. The molecule has 0 saturated heterocycles. The summed E-state index contributed by atoms with van der Waals surface area (Å²) in [5.41, 5.74) is 6.01. The van der Waals surface area contributed by atoms with Gasteiger partial charge in [-0.05, 0) is 6.07 Å². The van der Waals surface area contributed by atoms with Crippen LogP contribution in [0.5, 0.6) is 0 Å². The van der Waals surface area contributed by atoms with E-state index in [0.717, 1.165) is 11.3 Å². The SMILES string of the molecule is CO/N=C(\C(=O)O[N+]1(O)N=Nc2ccccc21)c1csc(N)n1. The summed E-state index contributed by atoms with van der Waals surface area (Å²) in [6, 6.07) is 6.51. The Bertz CT molecular complexity index is 819. The second-order valence-electron chi connectivity index (χ2n) is 4.29. The minimum atomic E-state index is -1.47. The summed E-state index contributed by atoms with van der Waals surface area (Å²) in [5.74, 6) is -1.00. The molecule has 2 heterocycles. The zero-order valence-electron chi connectivity index (χ0n) is 11.8. The predicted molar refractivity (Wildman–Crippen MR) is 80.7 cm³/mol. The molecule has 0 fully saturated rings. The highest BCUT2D eigenvalue weighted by Gasteiger charge is 2.45. The number of rotatable bonds is 4. The summed E-state index contributed by atoms with van der Waals surface area (Å²) < 4.78 is 0. The van der Waals surface area contributed by atoms with E-state index in [0.29, 0.717) is 5.69 Å². The van der Waals surface area contributed by atoms with Crippen molar-refractivity contribution in [2.24, 2.45) is 15.5 Å². The van der Waals surface area contributed by atoms with Crippen LogP contribution in [0.2, 0.25) is 0 Å². The van der Waals surface area contributed by atoms with Gasteiger partial charge in [0.25, 0.3) is 5.69 Å². The largest absolute Gasteiger partial charge is 0.430 e. The van der Waals surface area contributed by atoms with E-state index >= 15 is 0 Å². The summed E-state index contributed by atoms with van der Waals surface area (Å²) in [6.07, 6.45) is 0. The van der Waals surface area contributed by atoms with Crippen molar-refractivity contribution in [2.45, 2.75) is 0 Å². The van der Waals surface area contributed by atoms with Gasteiger partial charge in [-0.15, -0.1) is 16.5 Å². The zero-order chi connectivity index (χ0) is 16.4. The molecule has 2 aromatic rings. The van der Waals surface area contributed by atoms with Crippen LogP contribution in [0.15, 0.2) is 45.1 Å². The highest BCUT2D eigenvalue weighted by molar-refractivity contribution is 7.13. The summed E-state index contributed by atoms with van der Waals surface area (Å²) in [7, 11) is 1.26. The lowest BCUT2D eigenvalue weighted by Crippen LogP contribution is -2.42. The number of nitrogens with two attached hydrogens (primary N) is 1. The number of thiazole rings is 1. The molecule has 10 nitrogen and oxygen atoms in total. The van der Waals surface area contributed by atoms with Crippen molar-refractivity contribution in [2.75, 3.05) is 12.8 Å². The summed E-state index contributed by atoms with van der Waals surface area (Å²) in [5, 5.41) is 23.0. The Hall–Kier alpha value is -2.89. The summed E-state index contributed by atoms with van der Waals surface area (Å²) in [4.78, 5) is 24.4. The van der Waals surface area contributed by atoms with E-state index < -0.39 is 10.9 Å². The topological polar surface area (TPSA) is 132 Å². The molecule has 0 radical (unpaired) electrons. The molecule has 0 saturated carbocycles. The number of carbonyl (C=O) groups is 1. The monoisotopic (exact) mass is 335 g/mol. The van der Waals surface area contributed by atoms with Crippen molar-refractivity contribution in [1.82, 2.24) is 9.90 Å². The summed E-state index contributed by atoms with van der Waals surface area (Å²) >= 11 is 1.12. The second kappa shape index (κ2) is 5.72. The van der Waals surface area contributed by atoms with Crippen LogP contribution in [0, 0.1) is 0 Å². The summed E-state index contributed by atoms with van der Waals surface area (Å²) in [6.45, 7) is 0. The van der Waals surface area contributed by atoms with E-state index in [-0.39, 0.29) is 22.2 Å². The molecule has 3 rings (SSSR count). The molecule has 0 aliphatic carbocycles. The lowest BCUT2D eigenvalue weighted by molar-refractivity contribution is -0.300. The quantitative estimate of drug-likeness (QED) is 0.498. The number of oxime groups is 1. The third kappa shape index (κ3) is 2.75. The van der Waals surface area contributed by atoms with Gasteiger partial charge in [0.2, 0.25) is 5.71 Å². The van der Waals surface area contributed by atoms with Crippen LogP contribution in [-0.4, -0.2) is 29.0 Å². The number of carbonyl (C=O) groups excluding carboxylic acids is 1. The molecule has 1 aliphatic rings. The number of fused-ring (bicyclic) bond motifs is 1. The standard InChI is InChI=1S/C12H11N6O4S/c1-21-16-10(8-6-23-12(13)14-8)11(19)22-18(20)9-5-3-2-4-7(9)15-17-18/h2-6,20H,1H3,(H2,13,14)/q+1/b16-10-. The predicted octanol–water partition coefficient (Wildman–Crippen LogP) is 1.94. The van der Waals surface area contributed by atoms with Gasteiger partial charge in [-0.1, -0.05) is 22.4 Å². The smallest absolute Gasteiger partial charge is 0.398 e. The van der Waals surface area contributed by atoms with Crippen molar-refractivity contribution >= 4 is 39.5 Å². The number of quaternary nitrogens is 1. The molecule has 118 valence electrons. The van der Waals surface area contributed by atoms with Gasteiger partial charge < -0.3 is 10.6 Å². The van der Waals surface area contributed by atoms with Crippen molar-refractivity contribution < 1.29 is 19.7 Å². The first-order valence-electron chi connectivity index (χ1n) is 6.24. The molecule has 23 heavy (non-hydrogen) atoms. The van der Waals surface area contributed by atoms with E-state index in [2.05, 4.69) is 25.3 Å². The van der Waals surface area contributed by atoms with Crippen molar-refractivity contribution in [3.05, 3.63) is 35.3 Å². The van der Waals surface area contributed by atoms with Crippen LogP contribution in [-0.2, 0) is 14.5 Å². The molecule has 11 heteroatoms. The molecule has 1 aromatic heterocycles. The Morgan fingerprint density at radius 2 is 2.22 bits per heavy atom. The lowest BCUT2D eigenvalue weighted by Gasteiger charge is -2.14. The molecular weight excluding hydrogens is 324 g/mol. The fraction of sp³-hybridized carbons (Fsp3) is 0.0833. The number of benzene rings is 1.